The number of pyridine rings is 1. The molecule has 1 saturated heterocycles. The summed E-state index contributed by atoms with van der Waals surface area (Å²) in [6.07, 6.45) is 2.60. The average molecular weight is 508 g/mol. The topological polar surface area (TPSA) is 72.5 Å². The average Bonchev–Trinajstić information content (AvgIpc) is 3.64. The smallest absolute Gasteiger partial charge is 0.247 e. The first kappa shape index (κ1) is 24.2. The molecule has 0 atom stereocenters. The molecule has 0 spiro atoms. The molecule has 0 saturated carbocycles. The van der Waals surface area contributed by atoms with E-state index in [2.05, 4.69) is 59.5 Å². The lowest BCUT2D eigenvalue weighted by Crippen LogP contribution is -2.25. The highest BCUT2D eigenvalue weighted by Crippen LogP contribution is 2.31. The molecule has 3 aromatic heterocycles. The second-order valence-electron chi connectivity index (χ2n) is 9.91. The summed E-state index contributed by atoms with van der Waals surface area (Å²) in [4.78, 5) is 7.17. The van der Waals surface area contributed by atoms with Crippen LogP contribution >= 0.6 is 0 Å². The molecule has 5 aromatic rings. The second kappa shape index (κ2) is 10.3. The number of aryl methyl sites for hydroxylation is 2. The van der Waals surface area contributed by atoms with Crippen LogP contribution in [0.5, 0.6) is 5.75 Å². The lowest BCUT2D eigenvalue weighted by molar-refractivity contribution is 0.238. The van der Waals surface area contributed by atoms with Crippen LogP contribution in [0.4, 0.5) is 11.6 Å². The van der Waals surface area contributed by atoms with Crippen molar-refractivity contribution in [3.8, 4) is 28.1 Å². The van der Waals surface area contributed by atoms with E-state index in [9.17, 15) is 0 Å². The Balaban J connectivity index is 1.20. The summed E-state index contributed by atoms with van der Waals surface area (Å²) in [5.41, 5.74) is 8.23. The van der Waals surface area contributed by atoms with Gasteiger partial charge in [0.05, 0.1) is 11.4 Å². The monoisotopic (exact) mass is 507 g/mol. The third kappa shape index (κ3) is 4.87. The molecule has 6 rings (SSSR count). The van der Waals surface area contributed by atoms with Gasteiger partial charge in [0.1, 0.15) is 12.4 Å². The van der Waals surface area contributed by atoms with Gasteiger partial charge in [0.15, 0.2) is 5.65 Å². The second-order valence-corrected chi connectivity index (χ2v) is 9.91. The quantitative estimate of drug-likeness (QED) is 0.293. The maximum absolute atomic E-state index is 5.93. The molecule has 194 valence electrons. The van der Waals surface area contributed by atoms with Gasteiger partial charge < -0.3 is 10.1 Å². The standard InChI is InChI=1S/C30H33N7O/c1-21-29(22(2)35(3)33-21)24-9-6-8-23(20-24)27-10-7-11-28-32-30(34-37(27)28)31-25-12-14-26(15-13-25)38-19-18-36-16-4-5-17-36/h6-15,20H,4-5,16-19H2,1-3H3,(H,31,34). The molecule has 0 unspecified atom stereocenters. The van der Waals surface area contributed by atoms with E-state index >= 15 is 0 Å². The summed E-state index contributed by atoms with van der Waals surface area (Å²) in [7, 11) is 1.98. The van der Waals surface area contributed by atoms with Crippen LogP contribution in [0, 0.1) is 13.8 Å². The first-order valence-corrected chi connectivity index (χ1v) is 13.2. The van der Waals surface area contributed by atoms with Crippen molar-refractivity contribution < 1.29 is 4.74 Å². The predicted molar refractivity (Wildman–Crippen MR) is 151 cm³/mol. The van der Waals surface area contributed by atoms with E-state index in [0.29, 0.717) is 12.6 Å². The van der Waals surface area contributed by atoms with E-state index in [-0.39, 0.29) is 0 Å². The number of hydrogen-bond donors (Lipinski definition) is 1. The third-order valence-electron chi connectivity index (χ3n) is 7.30. The van der Waals surface area contributed by atoms with Gasteiger partial charge in [0.25, 0.3) is 0 Å². The van der Waals surface area contributed by atoms with Crippen molar-refractivity contribution in [2.75, 3.05) is 31.6 Å². The Morgan fingerprint density at radius 2 is 1.66 bits per heavy atom. The van der Waals surface area contributed by atoms with Gasteiger partial charge in [0, 0.05) is 36.1 Å². The van der Waals surface area contributed by atoms with Crippen molar-refractivity contribution in [2.45, 2.75) is 26.7 Å². The number of ether oxygens (including phenoxy) is 1. The minimum atomic E-state index is 0.551. The molecule has 0 radical (unpaired) electrons. The Morgan fingerprint density at radius 1 is 0.895 bits per heavy atom. The molecule has 0 amide bonds. The highest BCUT2D eigenvalue weighted by Gasteiger charge is 2.15. The zero-order valence-electron chi connectivity index (χ0n) is 22.2. The molecule has 1 fully saturated rings. The van der Waals surface area contributed by atoms with Crippen molar-refractivity contribution in [1.29, 1.82) is 0 Å². The van der Waals surface area contributed by atoms with E-state index in [1.165, 1.54) is 31.5 Å². The first-order chi connectivity index (χ1) is 18.5. The maximum Gasteiger partial charge on any atom is 0.247 e. The molecule has 38 heavy (non-hydrogen) atoms. The number of aromatic nitrogens is 5. The molecule has 0 aliphatic carbocycles. The molecule has 1 aliphatic rings. The lowest BCUT2D eigenvalue weighted by atomic mass is 10.00. The van der Waals surface area contributed by atoms with E-state index < -0.39 is 0 Å². The third-order valence-corrected chi connectivity index (χ3v) is 7.30. The van der Waals surface area contributed by atoms with Gasteiger partial charge in [-0.2, -0.15) is 10.1 Å². The van der Waals surface area contributed by atoms with Gasteiger partial charge in [-0.15, -0.1) is 5.10 Å². The molecule has 1 aliphatic heterocycles. The highest BCUT2D eigenvalue weighted by molar-refractivity contribution is 5.75. The molecular weight excluding hydrogens is 474 g/mol. The fraction of sp³-hybridized carbons (Fsp3) is 0.300. The minimum Gasteiger partial charge on any atom is -0.492 e. The molecule has 2 aromatic carbocycles. The Hall–Kier alpha value is -4.17. The van der Waals surface area contributed by atoms with Crippen LogP contribution in [0.2, 0.25) is 0 Å². The molecule has 8 heteroatoms. The van der Waals surface area contributed by atoms with Gasteiger partial charge >= 0.3 is 0 Å². The van der Waals surface area contributed by atoms with Crippen molar-refractivity contribution in [1.82, 2.24) is 29.3 Å². The van der Waals surface area contributed by atoms with Crippen molar-refractivity contribution in [2.24, 2.45) is 7.05 Å². The van der Waals surface area contributed by atoms with Crippen LogP contribution in [0.1, 0.15) is 24.2 Å². The van der Waals surface area contributed by atoms with E-state index in [4.69, 9.17) is 14.8 Å². The van der Waals surface area contributed by atoms with Crippen LogP contribution in [0.15, 0.2) is 66.7 Å². The fourth-order valence-electron chi connectivity index (χ4n) is 5.26. The Labute approximate surface area is 222 Å². The summed E-state index contributed by atoms with van der Waals surface area (Å²) in [5.74, 6) is 1.43. The maximum atomic E-state index is 5.93. The number of anilines is 2. The number of benzene rings is 2. The van der Waals surface area contributed by atoms with Gasteiger partial charge in [-0.05, 0) is 87.8 Å². The number of hydrogen-bond acceptors (Lipinski definition) is 6. The Morgan fingerprint density at radius 3 is 2.42 bits per heavy atom. The normalized spacial score (nSPS) is 13.9. The summed E-state index contributed by atoms with van der Waals surface area (Å²) < 4.78 is 9.75. The van der Waals surface area contributed by atoms with Crippen molar-refractivity contribution in [3.63, 3.8) is 0 Å². The zero-order valence-corrected chi connectivity index (χ0v) is 22.2. The summed E-state index contributed by atoms with van der Waals surface area (Å²) >= 11 is 0. The molecule has 8 nitrogen and oxygen atoms in total. The minimum absolute atomic E-state index is 0.551. The Kier molecular flexibility index (Phi) is 6.55. The van der Waals surface area contributed by atoms with Crippen LogP contribution in [0.25, 0.3) is 28.0 Å². The highest BCUT2D eigenvalue weighted by atomic mass is 16.5. The van der Waals surface area contributed by atoms with E-state index in [0.717, 1.165) is 51.8 Å². The first-order valence-electron chi connectivity index (χ1n) is 13.2. The number of nitrogens with one attached hydrogen (secondary N) is 1. The van der Waals surface area contributed by atoms with Crippen molar-refractivity contribution in [3.05, 3.63) is 78.1 Å². The number of likely N-dealkylation sites (tertiary alicyclic amines) is 1. The van der Waals surface area contributed by atoms with Gasteiger partial charge in [-0.25, -0.2) is 4.52 Å². The van der Waals surface area contributed by atoms with Crippen LogP contribution in [0.3, 0.4) is 0 Å². The van der Waals surface area contributed by atoms with Gasteiger partial charge in [-0.1, -0.05) is 24.3 Å². The zero-order chi connectivity index (χ0) is 26.1. The SMILES string of the molecule is Cc1nn(C)c(C)c1-c1cccc(-c2cccc3nc(Nc4ccc(OCCN5CCCC5)cc4)nn23)c1. The summed E-state index contributed by atoms with van der Waals surface area (Å²) in [5, 5.41) is 12.7. The predicted octanol–water partition coefficient (Wildman–Crippen LogP) is 5.63. The van der Waals surface area contributed by atoms with E-state index in [1.54, 1.807) is 0 Å². The number of rotatable bonds is 8. The molecule has 1 N–H and O–H groups in total. The Bertz CT molecular complexity index is 1560. The van der Waals surface area contributed by atoms with Crippen molar-refractivity contribution >= 4 is 17.3 Å². The number of nitrogens with zero attached hydrogens (tertiary/aromatic N) is 6. The molecule has 4 heterocycles. The molecule has 0 bridgehead atoms. The van der Waals surface area contributed by atoms with Crippen LogP contribution < -0.4 is 10.1 Å². The number of fused-ring (bicyclic) bond motifs is 1. The van der Waals surface area contributed by atoms with Crippen LogP contribution in [-0.4, -0.2) is 55.5 Å². The largest absolute Gasteiger partial charge is 0.492 e. The lowest BCUT2D eigenvalue weighted by Gasteiger charge is -2.15. The summed E-state index contributed by atoms with van der Waals surface area (Å²) in [6, 6.07) is 22.6. The molecular formula is C30H33N7O. The van der Waals surface area contributed by atoms with E-state index in [1.807, 2.05) is 52.6 Å². The van der Waals surface area contributed by atoms with Crippen LogP contribution in [-0.2, 0) is 7.05 Å². The van der Waals surface area contributed by atoms with Gasteiger partial charge in [-0.3, -0.25) is 9.58 Å². The summed E-state index contributed by atoms with van der Waals surface area (Å²) in [6.45, 7) is 8.23. The van der Waals surface area contributed by atoms with Gasteiger partial charge in [0.2, 0.25) is 5.95 Å². The fourth-order valence-corrected chi connectivity index (χ4v) is 5.26.